The van der Waals surface area contributed by atoms with E-state index in [1.54, 1.807) is 24.4 Å². The van der Waals surface area contributed by atoms with E-state index >= 15 is 0 Å². The highest BCUT2D eigenvalue weighted by molar-refractivity contribution is 7.10. The molecule has 0 N–H and O–H groups in total. The van der Waals surface area contributed by atoms with Gasteiger partial charge in [-0.2, -0.15) is 10.4 Å². The van der Waals surface area contributed by atoms with Gasteiger partial charge in [-0.15, -0.1) is 11.3 Å². The molecule has 5 nitrogen and oxygen atoms in total. The number of halogens is 1. The van der Waals surface area contributed by atoms with Gasteiger partial charge in [-0.1, -0.05) is 23.7 Å². The van der Waals surface area contributed by atoms with Gasteiger partial charge in [-0.25, -0.2) is 9.67 Å². The molecule has 0 amide bonds. The minimum Gasteiger partial charge on any atom is -0.290 e. The maximum Gasteiger partial charge on any atom is 0.207 e. The summed E-state index contributed by atoms with van der Waals surface area (Å²) in [5, 5.41) is 16.4. The normalized spacial score (nSPS) is 11.9. The number of thiazole rings is 1. The Bertz CT molecular complexity index is 909. The molecule has 2 aromatic heterocycles. The van der Waals surface area contributed by atoms with Crippen LogP contribution in [-0.4, -0.2) is 20.5 Å². The fourth-order valence-electron chi connectivity index (χ4n) is 2.11. The first-order chi connectivity index (χ1) is 11.1. The minimum atomic E-state index is -0.941. The highest BCUT2D eigenvalue weighted by Gasteiger charge is 2.26. The number of hydrogen-bond donors (Lipinski definition) is 0. The molecule has 1 atom stereocenters. The number of para-hydroxylation sites is 1. The number of hydrogen-bond acceptors (Lipinski definition) is 5. The zero-order chi connectivity index (χ0) is 16.4. The summed E-state index contributed by atoms with van der Waals surface area (Å²) in [6, 6.07) is 10.8. The molecule has 1 unspecified atom stereocenters. The molecule has 23 heavy (non-hydrogen) atoms. The zero-order valence-electron chi connectivity index (χ0n) is 12.1. The Balaban J connectivity index is 1.92. The second-order valence-corrected chi connectivity index (χ2v) is 6.15. The van der Waals surface area contributed by atoms with E-state index < -0.39 is 5.92 Å². The molecule has 3 aromatic rings. The van der Waals surface area contributed by atoms with E-state index in [0.717, 1.165) is 5.69 Å². The molecule has 0 bridgehead atoms. The molecule has 1 aromatic carbocycles. The Hall–Kier alpha value is -2.49. The largest absolute Gasteiger partial charge is 0.290 e. The Morgan fingerprint density at radius 3 is 2.83 bits per heavy atom. The number of rotatable bonds is 4. The van der Waals surface area contributed by atoms with Crippen LogP contribution in [-0.2, 0) is 0 Å². The molecule has 0 aliphatic rings. The van der Waals surface area contributed by atoms with Crippen molar-refractivity contribution in [2.24, 2.45) is 0 Å². The lowest BCUT2D eigenvalue weighted by Gasteiger charge is -2.04. The van der Waals surface area contributed by atoms with Crippen LogP contribution in [0.4, 0.5) is 0 Å². The monoisotopic (exact) mass is 342 g/mol. The van der Waals surface area contributed by atoms with Crippen molar-refractivity contribution in [3.63, 3.8) is 0 Å². The van der Waals surface area contributed by atoms with Gasteiger partial charge < -0.3 is 0 Å². The summed E-state index contributed by atoms with van der Waals surface area (Å²) in [6.07, 6.45) is 1.65. The van der Waals surface area contributed by atoms with Gasteiger partial charge in [0.2, 0.25) is 5.78 Å². The Kier molecular flexibility index (Phi) is 4.24. The van der Waals surface area contributed by atoms with Crippen LogP contribution >= 0.6 is 22.9 Å². The van der Waals surface area contributed by atoms with Gasteiger partial charge in [0.1, 0.15) is 10.7 Å². The number of nitrogens with zero attached hydrogens (tertiary/aromatic N) is 4. The van der Waals surface area contributed by atoms with Gasteiger partial charge in [0.15, 0.2) is 5.92 Å². The first kappa shape index (κ1) is 15.4. The van der Waals surface area contributed by atoms with Crippen LogP contribution in [0, 0.1) is 18.3 Å². The van der Waals surface area contributed by atoms with Crippen molar-refractivity contribution >= 4 is 28.7 Å². The molecule has 0 fully saturated rings. The van der Waals surface area contributed by atoms with Crippen molar-refractivity contribution in [1.82, 2.24) is 14.8 Å². The molecule has 0 radical (unpaired) electrons. The molecule has 3 rings (SSSR count). The third kappa shape index (κ3) is 3.02. The van der Waals surface area contributed by atoms with Crippen molar-refractivity contribution in [3.8, 4) is 11.8 Å². The maximum atomic E-state index is 12.6. The summed E-state index contributed by atoms with van der Waals surface area (Å²) < 4.78 is 1.52. The minimum absolute atomic E-state index is 0.212. The van der Waals surface area contributed by atoms with E-state index in [2.05, 4.69) is 10.1 Å². The van der Waals surface area contributed by atoms with Gasteiger partial charge in [0.25, 0.3) is 0 Å². The van der Waals surface area contributed by atoms with Crippen LogP contribution in [0.5, 0.6) is 0 Å². The molecule has 0 saturated heterocycles. The van der Waals surface area contributed by atoms with Crippen molar-refractivity contribution in [1.29, 1.82) is 5.26 Å². The van der Waals surface area contributed by atoms with Gasteiger partial charge in [-0.05, 0) is 25.1 Å². The average Bonchev–Trinajstić information content (AvgIpc) is 3.18. The van der Waals surface area contributed by atoms with Gasteiger partial charge in [0.05, 0.1) is 16.8 Å². The standard InChI is InChI=1S/C16H11ClN4OS/c1-10-9-23-16(19-10)11(8-18)15(22)13-6-7-21(20-13)14-5-3-2-4-12(14)17/h2-7,9,11H,1H3. The van der Waals surface area contributed by atoms with Crippen LogP contribution in [0.25, 0.3) is 5.69 Å². The Labute approximate surface area is 141 Å². The fraction of sp³-hybridized carbons (Fsp3) is 0.125. The zero-order valence-corrected chi connectivity index (χ0v) is 13.7. The second kappa shape index (κ2) is 6.32. The highest BCUT2D eigenvalue weighted by Crippen LogP contribution is 2.24. The molecule has 0 saturated carbocycles. The molecule has 0 spiro atoms. The summed E-state index contributed by atoms with van der Waals surface area (Å²) in [7, 11) is 0. The first-order valence-electron chi connectivity index (χ1n) is 6.76. The molecule has 0 aliphatic heterocycles. The molecule has 7 heteroatoms. The van der Waals surface area contributed by atoms with Crippen LogP contribution in [0.1, 0.15) is 27.1 Å². The predicted molar refractivity (Wildman–Crippen MR) is 88.1 cm³/mol. The van der Waals surface area contributed by atoms with Crippen molar-refractivity contribution < 1.29 is 4.79 Å². The number of ketones is 1. The topological polar surface area (TPSA) is 71.6 Å². The second-order valence-electron chi connectivity index (χ2n) is 4.85. The first-order valence-corrected chi connectivity index (χ1v) is 8.02. The summed E-state index contributed by atoms with van der Waals surface area (Å²) in [4.78, 5) is 16.8. The maximum absolute atomic E-state index is 12.6. The highest BCUT2D eigenvalue weighted by atomic mass is 35.5. The smallest absolute Gasteiger partial charge is 0.207 e. The average molecular weight is 343 g/mol. The number of carbonyl (C=O) groups excluding carboxylic acids is 1. The van der Waals surface area contributed by atoms with Gasteiger partial charge >= 0.3 is 0 Å². The van der Waals surface area contributed by atoms with Crippen LogP contribution in [0.2, 0.25) is 5.02 Å². The SMILES string of the molecule is Cc1csc(C(C#N)C(=O)c2ccn(-c3ccccc3Cl)n2)n1. The van der Waals surface area contributed by atoms with Crippen molar-refractivity contribution in [2.75, 3.05) is 0 Å². The van der Waals surface area contributed by atoms with E-state index in [1.165, 1.54) is 16.0 Å². The van der Waals surface area contributed by atoms with E-state index in [0.29, 0.717) is 15.7 Å². The summed E-state index contributed by atoms with van der Waals surface area (Å²) in [5.74, 6) is -1.31. The predicted octanol–water partition coefficient (Wildman–Crippen LogP) is 3.78. The Morgan fingerprint density at radius 1 is 1.39 bits per heavy atom. The van der Waals surface area contributed by atoms with Crippen LogP contribution in [0.3, 0.4) is 0 Å². The molecular weight excluding hydrogens is 332 g/mol. The quantitative estimate of drug-likeness (QED) is 0.676. The number of Topliss-reactive ketones (excluding diaryl/α,β-unsaturated/α-hetero) is 1. The molecule has 2 heterocycles. The third-order valence-corrected chi connectivity index (χ3v) is 4.56. The lowest BCUT2D eigenvalue weighted by Crippen LogP contribution is -2.12. The summed E-state index contributed by atoms with van der Waals surface area (Å²) in [6.45, 7) is 1.82. The summed E-state index contributed by atoms with van der Waals surface area (Å²) >= 11 is 7.43. The summed E-state index contributed by atoms with van der Waals surface area (Å²) in [5.41, 5.74) is 1.68. The Morgan fingerprint density at radius 2 is 2.17 bits per heavy atom. The molecular formula is C16H11ClN4OS. The third-order valence-electron chi connectivity index (χ3n) is 3.22. The van der Waals surface area contributed by atoms with E-state index in [-0.39, 0.29) is 11.5 Å². The molecule has 114 valence electrons. The van der Waals surface area contributed by atoms with Crippen LogP contribution < -0.4 is 0 Å². The van der Waals surface area contributed by atoms with Crippen molar-refractivity contribution in [2.45, 2.75) is 12.8 Å². The number of benzene rings is 1. The van der Waals surface area contributed by atoms with Gasteiger partial charge in [0, 0.05) is 17.3 Å². The van der Waals surface area contributed by atoms with Gasteiger partial charge in [-0.3, -0.25) is 4.79 Å². The lowest BCUT2D eigenvalue weighted by atomic mass is 10.0. The fourth-order valence-corrected chi connectivity index (χ4v) is 3.16. The molecule has 0 aliphatic carbocycles. The number of nitriles is 1. The number of aryl methyl sites for hydroxylation is 1. The van der Waals surface area contributed by atoms with Crippen LogP contribution in [0.15, 0.2) is 41.9 Å². The lowest BCUT2D eigenvalue weighted by molar-refractivity contribution is 0.0973. The van der Waals surface area contributed by atoms with E-state index in [9.17, 15) is 10.1 Å². The van der Waals surface area contributed by atoms with E-state index in [1.807, 2.05) is 30.5 Å². The number of aromatic nitrogens is 3. The van der Waals surface area contributed by atoms with E-state index in [4.69, 9.17) is 11.6 Å². The van der Waals surface area contributed by atoms with Crippen molar-refractivity contribution in [3.05, 3.63) is 63.3 Å². The number of carbonyl (C=O) groups is 1.